The summed E-state index contributed by atoms with van der Waals surface area (Å²) in [6, 6.07) is 24.7. The molecule has 6 nitrogen and oxygen atoms in total. The van der Waals surface area contributed by atoms with Crippen LogP contribution in [0.2, 0.25) is 0 Å². The number of amides is 1. The monoisotopic (exact) mass is 445 g/mol. The van der Waals surface area contributed by atoms with Crippen molar-refractivity contribution in [3.05, 3.63) is 101 Å². The smallest absolute Gasteiger partial charge is 0.274 e. The molecule has 1 unspecified atom stereocenters. The largest absolute Gasteiger partial charge is 0.492 e. The number of nitrogens with zero attached hydrogens (tertiary/aromatic N) is 2. The van der Waals surface area contributed by atoms with E-state index in [2.05, 4.69) is 5.10 Å². The fourth-order valence-electron chi connectivity index (χ4n) is 3.34. The number of benzene rings is 3. The summed E-state index contributed by atoms with van der Waals surface area (Å²) in [5, 5.41) is 5.33. The lowest BCUT2D eigenvalue weighted by Crippen LogP contribution is -2.27. The Bertz CT molecular complexity index is 1260. The van der Waals surface area contributed by atoms with E-state index in [1.807, 2.05) is 72.8 Å². The average molecular weight is 446 g/mol. The van der Waals surface area contributed by atoms with Gasteiger partial charge in [0.1, 0.15) is 12.4 Å². The Morgan fingerprint density at radius 3 is 2.47 bits per heavy atom. The summed E-state index contributed by atoms with van der Waals surface area (Å²) in [7, 11) is 0. The highest BCUT2D eigenvalue weighted by atomic mass is 32.2. The molecule has 162 valence electrons. The predicted molar refractivity (Wildman–Crippen MR) is 127 cm³/mol. The zero-order valence-electron chi connectivity index (χ0n) is 17.4. The van der Waals surface area contributed by atoms with Gasteiger partial charge in [0.05, 0.1) is 23.4 Å². The average Bonchev–Trinajstić information content (AvgIpc) is 2.82. The molecule has 2 N–H and O–H groups in total. The Morgan fingerprint density at radius 1 is 1.00 bits per heavy atom. The maximum Gasteiger partial charge on any atom is 0.274 e. The van der Waals surface area contributed by atoms with E-state index in [9.17, 15) is 9.59 Å². The van der Waals surface area contributed by atoms with E-state index < -0.39 is 0 Å². The first-order valence-corrected chi connectivity index (χ1v) is 11.2. The summed E-state index contributed by atoms with van der Waals surface area (Å²) in [5.74, 6) is 0.349. The maximum atomic E-state index is 12.5. The molecule has 0 aliphatic rings. The minimum absolute atomic E-state index is 0.129. The first-order chi connectivity index (χ1) is 15.6. The zero-order valence-corrected chi connectivity index (χ0v) is 18.2. The predicted octanol–water partition coefficient (Wildman–Crippen LogP) is 3.66. The van der Waals surface area contributed by atoms with Gasteiger partial charge in [0.15, 0.2) is 0 Å². The molecule has 0 radical (unpaired) electrons. The molecule has 32 heavy (non-hydrogen) atoms. The highest BCUT2D eigenvalue weighted by molar-refractivity contribution is 8.00. The molecule has 1 heterocycles. The lowest BCUT2D eigenvalue weighted by molar-refractivity contribution is -0.117. The highest BCUT2D eigenvalue weighted by Crippen LogP contribution is 2.26. The van der Waals surface area contributed by atoms with Crippen molar-refractivity contribution in [3.63, 3.8) is 0 Å². The number of rotatable bonds is 9. The highest BCUT2D eigenvalue weighted by Gasteiger charge is 2.17. The third kappa shape index (κ3) is 5.36. The number of primary amides is 1. The lowest BCUT2D eigenvalue weighted by Gasteiger charge is -2.14. The van der Waals surface area contributed by atoms with Crippen LogP contribution in [0.25, 0.3) is 10.8 Å². The molecule has 1 aromatic heterocycles. The van der Waals surface area contributed by atoms with Crippen LogP contribution in [0.1, 0.15) is 5.56 Å². The van der Waals surface area contributed by atoms with Gasteiger partial charge < -0.3 is 10.5 Å². The van der Waals surface area contributed by atoms with Crippen LogP contribution in [0, 0.1) is 0 Å². The molecular weight excluding hydrogens is 422 g/mol. The number of thioether (sulfide) groups is 1. The molecule has 0 saturated carbocycles. The van der Waals surface area contributed by atoms with Crippen LogP contribution in [0.4, 0.5) is 0 Å². The van der Waals surface area contributed by atoms with Gasteiger partial charge in [-0.05, 0) is 42.3 Å². The molecule has 0 fully saturated rings. The zero-order chi connectivity index (χ0) is 22.3. The van der Waals surface area contributed by atoms with Gasteiger partial charge in [0.2, 0.25) is 5.91 Å². The fourth-order valence-corrected chi connectivity index (χ4v) is 4.37. The number of hydrogen-bond acceptors (Lipinski definition) is 5. The number of fused-ring (bicyclic) bond motifs is 1. The summed E-state index contributed by atoms with van der Waals surface area (Å²) < 4.78 is 7.20. The Kier molecular flexibility index (Phi) is 6.87. The molecule has 3 aromatic carbocycles. The normalized spacial score (nSPS) is 11.9. The van der Waals surface area contributed by atoms with Crippen molar-refractivity contribution in [3.8, 4) is 5.75 Å². The van der Waals surface area contributed by atoms with Gasteiger partial charge in [0, 0.05) is 10.3 Å². The molecule has 0 bridgehead atoms. The Morgan fingerprint density at radius 2 is 1.72 bits per heavy atom. The van der Waals surface area contributed by atoms with E-state index in [1.165, 1.54) is 16.4 Å². The lowest BCUT2D eigenvalue weighted by atomic mass is 10.1. The Labute approximate surface area is 190 Å². The SMILES string of the molecule is NC(=O)C(Cc1ccc(OCCn2ncc3ccccc3c2=O)cc1)Sc1ccccc1. The minimum atomic E-state index is -0.352. The van der Waals surface area contributed by atoms with Crippen LogP contribution < -0.4 is 16.0 Å². The van der Waals surface area contributed by atoms with Gasteiger partial charge in [0.25, 0.3) is 5.56 Å². The van der Waals surface area contributed by atoms with E-state index in [0.29, 0.717) is 30.7 Å². The van der Waals surface area contributed by atoms with E-state index in [1.54, 1.807) is 12.3 Å². The molecule has 1 atom stereocenters. The van der Waals surface area contributed by atoms with Crippen molar-refractivity contribution in [2.24, 2.45) is 5.73 Å². The molecule has 0 aliphatic carbocycles. The van der Waals surface area contributed by atoms with E-state index in [4.69, 9.17) is 10.5 Å². The minimum Gasteiger partial charge on any atom is -0.492 e. The summed E-state index contributed by atoms with van der Waals surface area (Å²) >= 11 is 1.46. The van der Waals surface area contributed by atoms with E-state index in [-0.39, 0.29) is 16.7 Å². The van der Waals surface area contributed by atoms with Gasteiger partial charge in [-0.25, -0.2) is 4.68 Å². The number of carbonyl (C=O) groups is 1. The van der Waals surface area contributed by atoms with Crippen molar-refractivity contribution >= 4 is 28.4 Å². The third-order valence-electron chi connectivity index (χ3n) is 5.02. The Balaban J connectivity index is 1.34. The number of nitrogens with two attached hydrogens (primary N) is 1. The van der Waals surface area contributed by atoms with Crippen molar-refractivity contribution in [2.75, 3.05) is 6.61 Å². The molecule has 7 heteroatoms. The summed E-state index contributed by atoms with van der Waals surface area (Å²) in [6.45, 7) is 0.668. The fraction of sp³-hybridized carbons (Fsp3) is 0.160. The van der Waals surface area contributed by atoms with Crippen LogP contribution in [0.15, 0.2) is 94.7 Å². The second kappa shape index (κ2) is 10.2. The summed E-state index contributed by atoms with van der Waals surface area (Å²) in [4.78, 5) is 25.4. The summed E-state index contributed by atoms with van der Waals surface area (Å²) in [6.07, 6.45) is 2.22. The van der Waals surface area contributed by atoms with Gasteiger partial charge in [-0.1, -0.05) is 48.5 Å². The molecular formula is C25H23N3O3S. The second-order valence-electron chi connectivity index (χ2n) is 7.28. The van der Waals surface area contributed by atoms with Crippen LogP contribution >= 0.6 is 11.8 Å². The first kappa shape index (κ1) is 21.6. The van der Waals surface area contributed by atoms with Gasteiger partial charge in [-0.2, -0.15) is 5.10 Å². The van der Waals surface area contributed by atoms with Crippen LogP contribution in [0.3, 0.4) is 0 Å². The number of hydrogen-bond donors (Lipinski definition) is 1. The molecule has 0 saturated heterocycles. The molecule has 4 rings (SSSR count). The third-order valence-corrected chi connectivity index (χ3v) is 6.24. The Hall–Kier alpha value is -3.58. The van der Waals surface area contributed by atoms with Crippen molar-refractivity contribution in [1.82, 2.24) is 9.78 Å². The van der Waals surface area contributed by atoms with Gasteiger partial charge in [-0.15, -0.1) is 11.8 Å². The molecule has 0 spiro atoms. The van der Waals surface area contributed by atoms with E-state index >= 15 is 0 Å². The van der Waals surface area contributed by atoms with Crippen molar-refractivity contribution < 1.29 is 9.53 Å². The van der Waals surface area contributed by atoms with Gasteiger partial charge in [-0.3, -0.25) is 9.59 Å². The summed E-state index contributed by atoms with van der Waals surface area (Å²) in [5.41, 5.74) is 6.48. The number of ether oxygens (including phenoxy) is 1. The number of carbonyl (C=O) groups excluding carboxylic acids is 1. The maximum absolute atomic E-state index is 12.5. The quantitative estimate of drug-likeness (QED) is 0.397. The number of aromatic nitrogens is 2. The van der Waals surface area contributed by atoms with Crippen LogP contribution in [-0.2, 0) is 17.8 Å². The second-order valence-corrected chi connectivity index (χ2v) is 8.55. The van der Waals surface area contributed by atoms with Crippen molar-refractivity contribution in [2.45, 2.75) is 23.1 Å². The van der Waals surface area contributed by atoms with Crippen LogP contribution in [0.5, 0.6) is 5.75 Å². The van der Waals surface area contributed by atoms with Crippen molar-refractivity contribution in [1.29, 1.82) is 0 Å². The molecule has 4 aromatic rings. The van der Waals surface area contributed by atoms with Crippen LogP contribution in [-0.4, -0.2) is 27.5 Å². The first-order valence-electron chi connectivity index (χ1n) is 10.3. The standard InChI is InChI=1S/C25H23N3O3S/c26-24(29)23(32-21-7-2-1-3-8-21)16-18-10-12-20(13-11-18)31-15-14-28-25(30)22-9-5-4-6-19(22)17-27-28/h1-13,17,23H,14-16H2,(H2,26,29). The van der Waals surface area contributed by atoms with E-state index in [0.717, 1.165) is 15.8 Å². The molecule has 0 aliphatic heterocycles. The topological polar surface area (TPSA) is 87.2 Å². The van der Waals surface area contributed by atoms with Gasteiger partial charge >= 0.3 is 0 Å². The molecule has 1 amide bonds.